The van der Waals surface area contributed by atoms with Crippen LogP contribution in [0.3, 0.4) is 0 Å². The summed E-state index contributed by atoms with van der Waals surface area (Å²) in [6.07, 6.45) is 8.47. The van der Waals surface area contributed by atoms with E-state index in [0.29, 0.717) is 11.1 Å². The van der Waals surface area contributed by atoms with Gasteiger partial charge in [0.25, 0.3) is 0 Å². The molecule has 20 heavy (non-hydrogen) atoms. The van der Waals surface area contributed by atoms with E-state index in [0.717, 1.165) is 11.4 Å². The van der Waals surface area contributed by atoms with Gasteiger partial charge in [-0.3, -0.25) is 4.57 Å². The Morgan fingerprint density at radius 2 is 2.15 bits per heavy atom. The van der Waals surface area contributed by atoms with Gasteiger partial charge in [-0.25, -0.2) is 0 Å². The third kappa shape index (κ3) is 2.45. The summed E-state index contributed by atoms with van der Waals surface area (Å²) in [6, 6.07) is 6.50. The molecule has 1 heterocycles. The molecule has 3 nitrogen and oxygen atoms in total. The normalized spacial score (nSPS) is 14.8. The van der Waals surface area contributed by atoms with E-state index in [1.54, 1.807) is 6.08 Å². The molecule has 1 aromatic carbocycles. The average molecular weight is 281 g/mol. The molecule has 0 aliphatic heterocycles. The van der Waals surface area contributed by atoms with Crippen LogP contribution in [0.1, 0.15) is 29.9 Å². The maximum atomic E-state index is 4.37. The summed E-state index contributed by atoms with van der Waals surface area (Å²) in [5.41, 5.74) is 4.54. The minimum absolute atomic E-state index is 0.611. The summed E-state index contributed by atoms with van der Waals surface area (Å²) < 4.78 is 1.95. The maximum absolute atomic E-state index is 4.37. The summed E-state index contributed by atoms with van der Waals surface area (Å²) >= 11 is 4.37. The van der Waals surface area contributed by atoms with Crippen LogP contribution in [0.4, 0.5) is 0 Å². The lowest BCUT2D eigenvalue weighted by Gasteiger charge is -2.11. The van der Waals surface area contributed by atoms with Crippen molar-refractivity contribution in [3.8, 4) is 5.69 Å². The molecule has 1 fully saturated rings. The molecule has 0 bridgehead atoms. The van der Waals surface area contributed by atoms with Crippen molar-refractivity contribution in [3.63, 3.8) is 0 Å². The molecule has 0 N–H and O–H groups in total. The van der Waals surface area contributed by atoms with Crippen LogP contribution in [-0.2, 0) is 0 Å². The standard InChI is InChI=1S/C15H16BN3S/c1-2-3-4-11-9-12(7-8-13(11)10-5-6-10)19-14(16)17-18-15(19)20/h2-4,7-10H,1,5-6,16H2,(H,18,20)/b4-3-. The van der Waals surface area contributed by atoms with Crippen molar-refractivity contribution in [1.29, 1.82) is 0 Å². The first kappa shape index (κ1) is 13.2. The molecule has 0 atom stereocenters. The number of hydrogen-bond donors (Lipinski definition) is 1. The fraction of sp³-hybridized carbons (Fsp3) is 0.200. The van der Waals surface area contributed by atoms with Crippen LogP contribution in [0.15, 0.2) is 42.1 Å². The van der Waals surface area contributed by atoms with Crippen LogP contribution in [0.25, 0.3) is 11.8 Å². The van der Waals surface area contributed by atoms with Crippen molar-refractivity contribution in [3.05, 3.63) is 48.1 Å². The molecule has 1 aromatic heterocycles. The molecular formula is C15H16BN3S. The lowest BCUT2D eigenvalue weighted by molar-refractivity contribution is 0.894. The second-order valence-corrected chi connectivity index (χ2v) is 5.46. The minimum atomic E-state index is 0.611. The Morgan fingerprint density at radius 1 is 1.35 bits per heavy atom. The van der Waals surface area contributed by atoms with Gasteiger partial charge >= 0.3 is 0 Å². The smallest absolute Gasteiger partial charge is 0.192 e. The Balaban J connectivity index is 2.09. The third-order valence-corrected chi connectivity index (χ3v) is 3.85. The van der Waals surface area contributed by atoms with E-state index in [4.69, 9.17) is 0 Å². The molecule has 0 saturated heterocycles. The van der Waals surface area contributed by atoms with Crippen LogP contribution in [0.2, 0.25) is 0 Å². The average Bonchev–Trinajstić information content (AvgIpc) is 3.23. The van der Waals surface area contributed by atoms with Crippen LogP contribution >= 0.6 is 12.6 Å². The van der Waals surface area contributed by atoms with Crippen molar-refractivity contribution in [2.24, 2.45) is 0 Å². The Morgan fingerprint density at radius 3 is 2.75 bits per heavy atom. The Labute approximate surface area is 125 Å². The summed E-state index contributed by atoms with van der Waals surface area (Å²) in [6.45, 7) is 3.74. The van der Waals surface area contributed by atoms with E-state index >= 15 is 0 Å². The van der Waals surface area contributed by atoms with Gasteiger partial charge in [-0.05, 0) is 42.0 Å². The van der Waals surface area contributed by atoms with Crippen LogP contribution in [0.5, 0.6) is 0 Å². The maximum Gasteiger partial charge on any atom is 0.192 e. The SMILES string of the molecule is Bc1nnc(S)n1-c1ccc(C2CC2)c(/C=C\C=C)c1. The summed E-state index contributed by atoms with van der Waals surface area (Å²) in [5, 5.41) is 8.67. The predicted octanol–water partition coefficient (Wildman–Crippen LogP) is 1.89. The lowest BCUT2D eigenvalue weighted by atomic mass is 10.0. The van der Waals surface area contributed by atoms with Crippen LogP contribution < -0.4 is 5.72 Å². The number of hydrogen-bond acceptors (Lipinski definition) is 3. The highest BCUT2D eigenvalue weighted by Crippen LogP contribution is 2.42. The fourth-order valence-corrected chi connectivity index (χ4v) is 2.74. The molecule has 0 unspecified atom stereocenters. The van der Waals surface area contributed by atoms with E-state index in [1.165, 1.54) is 24.0 Å². The van der Waals surface area contributed by atoms with Gasteiger partial charge in [0.2, 0.25) is 0 Å². The largest absolute Gasteiger partial charge is 0.283 e. The van der Waals surface area contributed by atoms with E-state index in [9.17, 15) is 0 Å². The number of allylic oxidation sites excluding steroid dienone is 2. The van der Waals surface area contributed by atoms with Gasteiger partial charge in [0.05, 0.1) is 5.72 Å². The highest BCUT2D eigenvalue weighted by molar-refractivity contribution is 7.80. The van der Waals surface area contributed by atoms with Gasteiger partial charge < -0.3 is 0 Å². The number of nitrogens with zero attached hydrogens (tertiary/aromatic N) is 3. The number of aromatic nitrogens is 3. The van der Waals surface area contributed by atoms with Crippen molar-refractivity contribution in [2.75, 3.05) is 0 Å². The molecule has 0 amide bonds. The second-order valence-electron chi connectivity index (χ2n) is 5.06. The molecule has 0 spiro atoms. The van der Waals surface area contributed by atoms with E-state index in [1.807, 2.05) is 18.5 Å². The topological polar surface area (TPSA) is 30.7 Å². The lowest BCUT2D eigenvalue weighted by Crippen LogP contribution is -2.18. The van der Waals surface area contributed by atoms with Gasteiger partial charge in [-0.15, -0.1) is 22.8 Å². The number of thiol groups is 1. The summed E-state index contributed by atoms with van der Waals surface area (Å²) in [5.74, 6) is 0.714. The van der Waals surface area contributed by atoms with Gasteiger partial charge in [-0.2, -0.15) is 0 Å². The second kappa shape index (κ2) is 5.33. The van der Waals surface area contributed by atoms with Crippen molar-refractivity contribution in [1.82, 2.24) is 14.8 Å². The van der Waals surface area contributed by atoms with Crippen molar-refractivity contribution in [2.45, 2.75) is 23.9 Å². The Kier molecular flexibility index (Phi) is 3.53. The monoisotopic (exact) mass is 281 g/mol. The van der Waals surface area contributed by atoms with Gasteiger partial charge in [0, 0.05) is 5.69 Å². The fourth-order valence-electron chi connectivity index (χ4n) is 2.44. The molecule has 100 valence electrons. The molecule has 3 rings (SSSR count). The molecule has 2 aromatic rings. The first-order valence-corrected chi connectivity index (χ1v) is 7.20. The minimum Gasteiger partial charge on any atom is -0.283 e. The zero-order valence-electron chi connectivity index (χ0n) is 11.5. The number of rotatable bonds is 4. The first-order valence-electron chi connectivity index (χ1n) is 6.75. The van der Waals surface area contributed by atoms with Crippen LogP contribution in [0, 0.1) is 0 Å². The number of benzene rings is 1. The summed E-state index contributed by atoms with van der Waals surface area (Å²) in [7, 11) is 1.93. The van der Waals surface area contributed by atoms with Crippen LogP contribution in [-0.4, -0.2) is 22.6 Å². The highest BCUT2D eigenvalue weighted by atomic mass is 32.1. The van der Waals surface area contributed by atoms with Crippen molar-refractivity contribution >= 4 is 32.3 Å². The molecule has 1 saturated carbocycles. The van der Waals surface area contributed by atoms with Gasteiger partial charge in [0.15, 0.2) is 13.0 Å². The van der Waals surface area contributed by atoms with Gasteiger partial charge in [0.1, 0.15) is 0 Å². The molecule has 5 heteroatoms. The highest BCUT2D eigenvalue weighted by Gasteiger charge is 2.25. The molecular weight excluding hydrogens is 265 g/mol. The zero-order chi connectivity index (χ0) is 14.1. The first-order chi connectivity index (χ1) is 9.70. The van der Waals surface area contributed by atoms with E-state index < -0.39 is 0 Å². The van der Waals surface area contributed by atoms with E-state index in [-0.39, 0.29) is 0 Å². The molecule has 1 aliphatic carbocycles. The Bertz CT molecular complexity index is 667. The zero-order valence-corrected chi connectivity index (χ0v) is 12.3. The van der Waals surface area contributed by atoms with Gasteiger partial charge in [-0.1, -0.05) is 30.9 Å². The predicted molar refractivity (Wildman–Crippen MR) is 88.0 cm³/mol. The third-order valence-electron chi connectivity index (χ3n) is 3.57. The quantitative estimate of drug-likeness (QED) is 0.527. The van der Waals surface area contributed by atoms with E-state index in [2.05, 4.69) is 53.7 Å². The molecule has 0 radical (unpaired) electrons. The van der Waals surface area contributed by atoms with Crippen molar-refractivity contribution < 1.29 is 0 Å². The molecule has 1 aliphatic rings. The Hall–Kier alpha value is -1.75. The summed E-state index contributed by atoms with van der Waals surface area (Å²) in [4.78, 5) is 0.